The highest BCUT2D eigenvalue weighted by molar-refractivity contribution is 14.1. The van der Waals surface area contributed by atoms with Gasteiger partial charge >= 0.3 is 0 Å². The van der Waals surface area contributed by atoms with Crippen LogP contribution in [0.3, 0.4) is 0 Å². The number of ether oxygens (including phenoxy) is 1. The summed E-state index contributed by atoms with van der Waals surface area (Å²) in [7, 11) is 1.96. The Bertz CT molecular complexity index is 644. The number of fused-ring (bicyclic) bond motifs is 1. The van der Waals surface area contributed by atoms with E-state index < -0.39 is 0 Å². The Morgan fingerprint density at radius 2 is 2.15 bits per heavy atom. The van der Waals surface area contributed by atoms with E-state index in [0.29, 0.717) is 0 Å². The summed E-state index contributed by atoms with van der Waals surface area (Å²) >= 11 is 8.50. The van der Waals surface area contributed by atoms with Gasteiger partial charge in [0.1, 0.15) is 5.75 Å². The summed E-state index contributed by atoms with van der Waals surface area (Å²) in [5, 5.41) is 4.16. The first-order valence-electron chi connectivity index (χ1n) is 6.57. The van der Waals surface area contributed by atoms with Crippen LogP contribution >= 0.6 is 34.2 Å². The van der Waals surface area contributed by atoms with Crippen molar-refractivity contribution in [1.82, 2.24) is 5.32 Å². The van der Waals surface area contributed by atoms with Crippen LogP contribution in [0.15, 0.2) is 36.4 Å². The van der Waals surface area contributed by atoms with E-state index in [4.69, 9.17) is 16.3 Å². The normalized spacial score (nSPS) is 14.8. The fourth-order valence-corrected chi connectivity index (χ4v) is 3.19. The summed E-state index contributed by atoms with van der Waals surface area (Å²) < 4.78 is 6.88. The van der Waals surface area contributed by atoms with Crippen molar-refractivity contribution in [3.63, 3.8) is 0 Å². The zero-order valence-electron chi connectivity index (χ0n) is 11.1. The van der Waals surface area contributed by atoms with E-state index in [2.05, 4.69) is 52.2 Å². The molecule has 0 saturated heterocycles. The molecule has 104 valence electrons. The van der Waals surface area contributed by atoms with E-state index in [1.165, 1.54) is 11.1 Å². The molecule has 2 aromatic carbocycles. The molecule has 20 heavy (non-hydrogen) atoms. The molecular formula is C16H15ClINO. The molecular weight excluding hydrogens is 385 g/mol. The average molecular weight is 400 g/mol. The molecule has 1 heterocycles. The lowest BCUT2D eigenvalue weighted by Crippen LogP contribution is -2.18. The Labute approximate surface area is 137 Å². The highest BCUT2D eigenvalue weighted by Crippen LogP contribution is 2.36. The van der Waals surface area contributed by atoms with Crippen molar-refractivity contribution in [2.45, 2.75) is 12.5 Å². The predicted molar refractivity (Wildman–Crippen MR) is 90.7 cm³/mol. The minimum Gasteiger partial charge on any atom is -0.493 e. The lowest BCUT2D eigenvalue weighted by molar-refractivity contribution is 0.351. The minimum absolute atomic E-state index is 0.0950. The van der Waals surface area contributed by atoms with Gasteiger partial charge in [-0.25, -0.2) is 0 Å². The Hall–Kier alpha value is -0.780. The Balaban J connectivity index is 2.06. The van der Waals surface area contributed by atoms with Gasteiger partial charge in [-0.3, -0.25) is 0 Å². The maximum absolute atomic E-state index is 6.25. The molecule has 0 amide bonds. The van der Waals surface area contributed by atoms with Gasteiger partial charge < -0.3 is 10.1 Å². The quantitative estimate of drug-likeness (QED) is 0.782. The molecule has 1 unspecified atom stereocenters. The molecule has 4 heteroatoms. The van der Waals surface area contributed by atoms with Crippen LogP contribution in [0.2, 0.25) is 5.02 Å². The Morgan fingerprint density at radius 3 is 2.90 bits per heavy atom. The van der Waals surface area contributed by atoms with E-state index in [1.54, 1.807) is 0 Å². The second-order valence-corrected chi connectivity index (χ2v) is 6.40. The van der Waals surface area contributed by atoms with Crippen molar-refractivity contribution in [2.24, 2.45) is 0 Å². The molecule has 0 saturated carbocycles. The standard InChI is InChI=1S/C16H15ClINO/c1-19-15(11-5-6-14(18)13(17)9-11)12-4-2-3-10-7-8-20-16(10)12/h2-6,9,15,19H,7-8H2,1H3. The van der Waals surface area contributed by atoms with Gasteiger partial charge in [0.25, 0.3) is 0 Å². The van der Waals surface area contributed by atoms with Crippen molar-refractivity contribution >= 4 is 34.2 Å². The van der Waals surface area contributed by atoms with E-state index in [0.717, 1.165) is 32.9 Å². The van der Waals surface area contributed by atoms with Crippen LogP contribution in [0.1, 0.15) is 22.7 Å². The third kappa shape index (κ3) is 2.54. The summed E-state index contributed by atoms with van der Waals surface area (Å²) in [5.74, 6) is 1.03. The second-order valence-electron chi connectivity index (χ2n) is 4.83. The first-order chi connectivity index (χ1) is 9.70. The highest BCUT2D eigenvalue weighted by Gasteiger charge is 2.22. The molecule has 1 atom stereocenters. The summed E-state index contributed by atoms with van der Waals surface area (Å²) in [6.45, 7) is 0.774. The first-order valence-corrected chi connectivity index (χ1v) is 8.03. The van der Waals surface area contributed by atoms with E-state index in [9.17, 15) is 0 Å². The van der Waals surface area contributed by atoms with E-state index in [1.807, 2.05) is 19.2 Å². The van der Waals surface area contributed by atoms with E-state index >= 15 is 0 Å². The van der Waals surface area contributed by atoms with Crippen LogP contribution < -0.4 is 10.1 Å². The lowest BCUT2D eigenvalue weighted by Gasteiger charge is -2.20. The Morgan fingerprint density at radius 1 is 1.30 bits per heavy atom. The van der Waals surface area contributed by atoms with Crippen molar-refractivity contribution in [3.05, 3.63) is 61.7 Å². The number of nitrogens with one attached hydrogen (secondary N) is 1. The molecule has 0 bridgehead atoms. The topological polar surface area (TPSA) is 21.3 Å². The summed E-state index contributed by atoms with van der Waals surface area (Å²) in [5.41, 5.74) is 3.63. The number of hydrogen-bond acceptors (Lipinski definition) is 2. The Kier molecular flexibility index (Phi) is 4.19. The highest BCUT2D eigenvalue weighted by atomic mass is 127. The van der Waals surface area contributed by atoms with Gasteiger partial charge in [0.05, 0.1) is 17.7 Å². The third-order valence-electron chi connectivity index (χ3n) is 3.62. The molecule has 2 aromatic rings. The van der Waals surface area contributed by atoms with Crippen molar-refractivity contribution in [1.29, 1.82) is 0 Å². The van der Waals surface area contributed by atoms with Gasteiger partial charge in [-0.1, -0.05) is 35.9 Å². The fraction of sp³-hybridized carbons (Fsp3) is 0.250. The summed E-state index contributed by atoms with van der Waals surface area (Å²) in [4.78, 5) is 0. The number of benzene rings is 2. The number of hydrogen-bond donors (Lipinski definition) is 1. The number of halogens is 2. The van der Waals surface area contributed by atoms with Gasteiger partial charge in [-0.15, -0.1) is 0 Å². The minimum atomic E-state index is 0.0950. The van der Waals surface area contributed by atoms with Crippen molar-refractivity contribution in [2.75, 3.05) is 13.7 Å². The van der Waals surface area contributed by atoms with Gasteiger partial charge in [0, 0.05) is 15.6 Å². The number of rotatable bonds is 3. The van der Waals surface area contributed by atoms with Crippen molar-refractivity contribution in [3.8, 4) is 5.75 Å². The second kappa shape index (κ2) is 5.92. The average Bonchev–Trinajstić information content (AvgIpc) is 2.93. The van der Waals surface area contributed by atoms with Gasteiger partial charge in [0.15, 0.2) is 0 Å². The van der Waals surface area contributed by atoms with Crippen LogP contribution in [0.25, 0.3) is 0 Å². The molecule has 0 aromatic heterocycles. The van der Waals surface area contributed by atoms with Gasteiger partial charge in [-0.2, -0.15) is 0 Å². The summed E-state index contributed by atoms with van der Waals surface area (Å²) in [6.07, 6.45) is 0.993. The van der Waals surface area contributed by atoms with Crippen LogP contribution in [0, 0.1) is 3.57 Å². The maximum Gasteiger partial charge on any atom is 0.127 e. The zero-order chi connectivity index (χ0) is 14.1. The molecule has 1 N–H and O–H groups in total. The van der Waals surface area contributed by atoms with E-state index in [-0.39, 0.29) is 6.04 Å². The van der Waals surface area contributed by atoms with Crippen LogP contribution in [-0.2, 0) is 6.42 Å². The van der Waals surface area contributed by atoms with Crippen LogP contribution in [0.5, 0.6) is 5.75 Å². The largest absolute Gasteiger partial charge is 0.493 e. The summed E-state index contributed by atoms with van der Waals surface area (Å²) in [6, 6.07) is 12.6. The molecule has 1 aliphatic heterocycles. The van der Waals surface area contributed by atoms with Gasteiger partial charge in [0.2, 0.25) is 0 Å². The monoisotopic (exact) mass is 399 g/mol. The molecule has 1 aliphatic rings. The zero-order valence-corrected chi connectivity index (χ0v) is 14.0. The lowest BCUT2D eigenvalue weighted by atomic mass is 9.96. The van der Waals surface area contributed by atoms with Crippen LogP contribution in [0.4, 0.5) is 0 Å². The third-order valence-corrected chi connectivity index (χ3v) is 5.19. The fourth-order valence-electron chi connectivity index (χ4n) is 2.66. The predicted octanol–water partition coefficient (Wildman–Crippen LogP) is 4.19. The molecule has 0 aliphatic carbocycles. The van der Waals surface area contributed by atoms with Crippen molar-refractivity contribution < 1.29 is 4.74 Å². The first kappa shape index (κ1) is 14.2. The smallest absolute Gasteiger partial charge is 0.127 e. The van der Waals surface area contributed by atoms with Gasteiger partial charge in [-0.05, 0) is 52.9 Å². The SMILES string of the molecule is CNC(c1ccc(I)c(Cl)c1)c1cccc2c1OCC2. The molecule has 0 radical (unpaired) electrons. The molecule has 2 nitrogen and oxygen atoms in total. The number of para-hydroxylation sites is 1. The molecule has 0 fully saturated rings. The molecule has 0 spiro atoms. The maximum atomic E-state index is 6.25. The molecule has 3 rings (SSSR count). The van der Waals surface area contributed by atoms with Crippen LogP contribution in [-0.4, -0.2) is 13.7 Å².